The zero-order valence-electron chi connectivity index (χ0n) is 22.0. The third-order valence-electron chi connectivity index (χ3n) is 8.50. The Morgan fingerprint density at radius 1 is 0.500 bits per heavy atom. The van der Waals surface area contributed by atoms with Crippen LogP contribution in [0.2, 0.25) is 0 Å². The van der Waals surface area contributed by atoms with Gasteiger partial charge in [0.25, 0.3) is 0 Å². The molecule has 3 aliphatic rings. The fourth-order valence-electron chi connectivity index (χ4n) is 6.23. The van der Waals surface area contributed by atoms with Gasteiger partial charge in [0.05, 0.1) is 0 Å². The number of rotatable bonds is 12. The maximum Gasteiger partial charge on any atom is 0.336 e. The highest BCUT2D eigenvalue weighted by atomic mass is 16.2. The van der Waals surface area contributed by atoms with Gasteiger partial charge in [-0.1, -0.05) is 36.5 Å². The van der Waals surface area contributed by atoms with Crippen LogP contribution in [0.5, 0.6) is 0 Å². The van der Waals surface area contributed by atoms with Gasteiger partial charge in [-0.15, -0.1) is 0 Å². The second kappa shape index (κ2) is 13.8. The number of hydrogen-bond acceptors (Lipinski definition) is 3. The zero-order chi connectivity index (χ0) is 25.2. The predicted molar refractivity (Wildman–Crippen MR) is 146 cm³/mol. The third kappa shape index (κ3) is 7.33. The lowest BCUT2D eigenvalue weighted by Crippen LogP contribution is -2.54. The maximum absolute atomic E-state index is 13.3. The molecule has 3 aliphatic carbocycles. The minimum atomic E-state index is -0.411. The minimum Gasteiger partial charge on any atom is -0.247 e. The summed E-state index contributed by atoms with van der Waals surface area (Å²) in [6.45, 7) is 1.21. The Morgan fingerprint density at radius 2 is 0.806 bits per heavy atom. The topological polar surface area (TPSA) is 66.0 Å². The second-order valence-corrected chi connectivity index (χ2v) is 11.2. The fraction of sp³-hybridized carbons (Fsp3) is 0.700. The van der Waals surface area contributed by atoms with E-state index in [-0.39, 0.29) is 0 Å². The maximum atomic E-state index is 13.3. The summed E-state index contributed by atoms with van der Waals surface area (Å²) < 4.78 is 4.06. The molecular weight excluding hydrogens is 450 g/mol. The summed E-state index contributed by atoms with van der Waals surface area (Å²) >= 11 is 0. The molecule has 0 radical (unpaired) electrons. The smallest absolute Gasteiger partial charge is 0.247 e. The number of allylic oxidation sites excluding steroid dienone is 6. The summed E-state index contributed by atoms with van der Waals surface area (Å²) in [5.74, 6) is 1.90. The van der Waals surface area contributed by atoms with Gasteiger partial charge in [0, 0.05) is 19.6 Å². The molecule has 198 valence electrons. The van der Waals surface area contributed by atoms with E-state index in [0.717, 1.165) is 77.0 Å². The lowest BCUT2D eigenvalue weighted by molar-refractivity contribution is 0.363. The quantitative estimate of drug-likeness (QED) is 0.356. The van der Waals surface area contributed by atoms with Crippen LogP contribution in [-0.4, -0.2) is 13.7 Å². The van der Waals surface area contributed by atoms with Crippen molar-refractivity contribution in [2.45, 2.75) is 116 Å². The van der Waals surface area contributed by atoms with Crippen molar-refractivity contribution in [3.63, 3.8) is 0 Å². The van der Waals surface area contributed by atoms with Crippen molar-refractivity contribution in [2.24, 2.45) is 17.8 Å². The molecule has 36 heavy (non-hydrogen) atoms. The molecule has 0 fully saturated rings. The minimum absolute atomic E-state index is 0.402. The third-order valence-corrected chi connectivity index (χ3v) is 8.50. The lowest BCUT2D eigenvalue weighted by atomic mass is 9.90. The van der Waals surface area contributed by atoms with Crippen LogP contribution in [0, 0.1) is 17.8 Å². The summed E-state index contributed by atoms with van der Waals surface area (Å²) in [6.07, 6.45) is 29.1. The molecule has 6 heteroatoms. The number of nitrogens with zero attached hydrogens (tertiary/aromatic N) is 3. The summed E-state index contributed by atoms with van der Waals surface area (Å²) in [4.78, 5) is 40.0. The molecule has 3 atom stereocenters. The highest BCUT2D eigenvalue weighted by Crippen LogP contribution is 2.24. The first kappa shape index (κ1) is 26.7. The van der Waals surface area contributed by atoms with Crippen LogP contribution < -0.4 is 17.1 Å². The van der Waals surface area contributed by atoms with E-state index in [1.165, 1.54) is 33.0 Å². The van der Waals surface area contributed by atoms with Crippen LogP contribution >= 0.6 is 0 Å². The molecule has 0 aromatic carbocycles. The monoisotopic (exact) mass is 495 g/mol. The molecule has 4 rings (SSSR count). The molecule has 1 aromatic rings. The first-order chi connectivity index (χ1) is 17.6. The van der Waals surface area contributed by atoms with Crippen LogP contribution in [0.3, 0.4) is 0 Å². The van der Waals surface area contributed by atoms with E-state index in [1.807, 2.05) is 0 Å². The van der Waals surface area contributed by atoms with Gasteiger partial charge in [-0.05, 0) is 114 Å². The van der Waals surface area contributed by atoms with Crippen LogP contribution in [0.15, 0.2) is 50.8 Å². The molecule has 0 bridgehead atoms. The highest BCUT2D eigenvalue weighted by Gasteiger charge is 2.18. The van der Waals surface area contributed by atoms with Crippen molar-refractivity contribution in [1.82, 2.24) is 13.7 Å². The van der Waals surface area contributed by atoms with Gasteiger partial charge >= 0.3 is 17.1 Å². The normalized spacial score (nSPS) is 23.8. The van der Waals surface area contributed by atoms with Crippen molar-refractivity contribution in [1.29, 1.82) is 0 Å². The van der Waals surface area contributed by atoms with E-state index in [2.05, 4.69) is 36.5 Å². The van der Waals surface area contributed by atoms with Gasteiger partial charge in [-0.3, -0.25) is 0 Å². The Bertz CT molecular complexity index is 936. The predicted octanol–water partition coefficient (Wildman–Crippen LogP) is 5.58. The molecular formula is C30H45N3O3. The van der Waals surface area contributed by atoms with E-state index in [1.54, 1.807) is 0 Å². The van der Waals surface area contributed by atoms with E-state index in [4.69, 9.17) is 0 Å². The first-order valence-corrected chi connectivity index (χ1v) is 14.5. The summed E-state index contributed by atoms with van der Waals surface area (Å²) in [6, 6.07) is 0. The largest absolute Gasteiger partial charge is 0.336 e. The van der Waals surface area contributed by atoms with Gasteiger partial charge < -0.3 is 0 Å². The molecule has 1 aromatic heterocycles. The summed E-state index contributed by atoms with van der Waals surface area (Å²) in [5, 5.41) is 0. The standard InChI is InChI=1S/C30H45N3O3/c34-28-31(22-10-19-25-13-4-1-5-14-25)29(35)33(24-12-21-27-17-8-3-9-18-27)30(36)32(28)23-11-20-26-15-6-2-7-16-26/h1-4,6,8,25-27H,5,7,9-24H2. The van der Waals surface area contributed by atoms with Crippen molar-refractivity contribution in [2.75, 3.05) is 0 Å². The summed E-state index contributed by atoms with van der Waals surface area (Å²) in [7, 11) is 0. The van der Waals surface area contributed by atoms with E-state index >= 15 is 0 Å². The number of aromatic nitrogens is 3. The summed E-state index contributed by atoms with van der Waals surface area (Å²) in [5.41, 5.74) is -1.23. The molecule has 0 spiro atoms. The Hall–Kier alpha value is -2.37. The Labute approximate surface area is 215 Å². The zero-order valence-corrected chi connectivity index (χ0v) is 22.0. The Balaban J connectivity index is 1.46. The molecule has 0 amide bonds. The second-order valence-electron chi connectivity index (χ2n) is 11.2. The van der Waals surface area contributed by atoms with Crippen molar-refractivity contribution in [3.8, 4) is 0 Å². The van der Waals surface area contributed by atoms with Gasteiger partial charge in [0.2, 0.25) is 0 Å². The molecule has 1 heterocycles. The molecule has 6 nitrogen and oxygen atoms in total. The van der Waals surface area contributed by atoms with Crippen molar-refractivity contribution < 1.29 is 0 Å². The van der Waals surface area contributed by atoms with Crippen molar-refractivity contribution in [3.05, 3.63) is 67.9 Å². The fourth-order valence-corrected chi connectivity index (χ4v) is 6.23. The van der Waals surface area contributed by atoms with Crippen LogP contribution in [0.1, 0.15) is 96.3 Å². The van der Waals surface area contributed by atoms with E-state index < -0.39 is 17.1 Å². The molecule has 0 saturated heterocycles. The first-order valence-electron chi connectivity index (χ1n) is 14.5. The van der Waals surface area contributed by atoms with Crippen LogP contribution in [0.25, 0.3) is 0 Å². The van der Waals surface area contributed by atoms with Gasteiger partial charge in [0.1, 0.15) is 0 Å². The van der Waals surface area contributed by atoms with Gasteiger partial charge in [0.15, 0.2) is 0 Å². The van der Waals surface area contributed by atoms with Crippen LogP contribution in [-0.2, 0) is 19.6 Å². The van der Waals surface area contributed by atoms with E-state index in [9.17, 15) is 14.4 Å². The highest BCUT2D eigenvalue weighted by molar-refractivity contribution is 4.92. The Morgan fingerprint density at radius 3 is 1.06 bits per heavy atom. The van der Waals surface area contributed by atoms with Crippen LogP contribution in [0.4, 0.5) is 0 Å². The van der Waals surface area contributed by atoms with Gasteiger partial charge in [-0.25, -0.2) is 28.1 Å². The number of hydrogen-bond donors (Lipinski definition) is 0. The average molecular weight is 496 g/mol. The molecule has 0 aliphatic heterocycles. The lowest BCUT2D eigenvalue weighted by Gasteiger charge is -2.20. The van der Waals surface area contributed by atoms with E-state index in [0.29, 0.717) is 37.4 Å². The average Bonchev–Trinajstić information content (AvgIpc) is 2.92. The Kier molecular flexibility index (Phi) is 10.2. The SMILES string of the molecule is O=c1n(CCCC2CC=CCC2)c(=O)n(CCCC2CC=CCC2)c(=O)n1CCCC1CC=CCC1. The molecule has 0 N–H and O–H groups in total. The van der Waals surface area contributed by atoms with Gasteiger partial charge in [-0.2, -0.15) is 0 Å². The van der Waals surface area contributed by atoms with Crippen molar-refractivity contribution >= 4 is 0 Å². The molecule has 0 saturated carbocycles. The molecule has 3 unspecified atom stereocenters.